The summed E-state index contributed by atoms with van der Waals surface area (Å²) in [7, 11) is 3.51. The molecule has 1 aliphatic carbocycles. The summed E-state index contributed by atoms with van der Waals surface area (Å²) in [6.07, 6.45) is 7.62. The number of carbonyl (C=O) groups is 3. The predicted molar refractivity (Wildman–Crippen MR) is 195 cm³/mol. The van der Waals surface area contributed by atoms with Crippen molar-refractivity contribution in [3.8, 4) is 0 Å². The highest BCUT2D eigenvalue weighted by molar-refractivity contribution is 6.08. The third-order valence-electron chi connectivity index (χ3n) is 11.6. The van der Waals surface area contributed by atoms with Gasteiger partial charge < -0.3 is 15.1 Å². The van der Waals surface area contributed by atoms with Crippen LogP contribution < -0.4 is 21.2 Å². The Morgan fingerprint density at radius 2 is 1.82 bits per heavy atom. The van der Waals surface area contributed by atoms with Gasteiger partial charge in [0.15, 0.2) is 23.0 Å². The monoisotopic (exact) mass is 779 g/mol. The highest BCUT2D eigenvalue weighted by Gasteiger charge is 2.35. The summed E-state index contributed by atoms with van der Waals surface area (Å²) in [5.41, 5.74) is -0.423. The lowest BCUT2D eigenvalue weighted by atomic mass is 9.85. The summed E-state index contributed by atoms with van der Waals surface area (Å²) < 4.78 is 64.2. The van der Waals surface area contributed by atoms with Crippen LogP contribution in [0, 0.1) is 17.6 Å². The minimum atomic E-state index is -2.89. The van der Waals surface area contributed by atoms with Crippen molar-refractivity contribution in [3.63, 3.8) is 0 Å². The molecule has 1 atom stereocenters. The first kappa shape index (κ1) is 37.3. The van der Waals surface area contributed by atoms with Crippen LogP contribution in [0.25, 0.3) is 16.7 Å². The van der Waals surface area contributed by atoms with Crippen molar-refractivity contribution in [2.24, 2.45) is 13.0 Å². The maximum absolute atomic E-state index is 15.6. The molecule has 15 nitrogen and oxygen atoms in total. The van der Waals surface area contributed by atoms with Crippen LogP contribution in [0.5, 0.6) is 0 Å². The Labute approximate surface area is 317 Å². The number of rotatable bonds is 9. The van der Waals surface area contributed by atoms with E-state index >= 15 is 8.78 Å². The molecule has 5 aromatic rings. The standard InChI is InChI=1S/C37H41F4N11O4/c1-47(18-20-4-6-22(7-5-20)51-19-25(30(46-51)33(40)41)44-35(54)23-17-43-50-13-3-12-42-34(23)50)21-10-14-49(15-11-21)32-29(39)24(38)16-27-31(32)48(2)37(56)52(27)26-8-9-28(53)45-36(26)55/h3,12-13,16-17,19-22,26,33H,4-11,14-15,18H2,1-2H3,(H,44,54)(H,45,53,55)/t20-,22-,26?. The number of imide groups is 1. The lowest BCUT2D eigenvalue weighted by molar-refractivity contribution is -0.135. The van der Waals surface area contributed by atoms with Gasteiger partial charge in [-0.3, -0.25) is 33.5 Å². The first-order chi connectivity index (χ1) is 26.9. The van der Waals surface area contributed by atoms with Gasteiger partial charge in [-0.1, -0.05) is 0 Å². The number of benzene rings is 1. The van der Waals surface area contributed by atoms with Crippen molar-refractivity contribution in [3.05, 3.63) is 70.3 Å². The van der Waals surface area contributed by atoms with Crippen LogP contribution in [0.4, 0.5) is 28.9 Å². The van der Waals surface area contributed by atoms with Crippen LogP contribution in [0.3, 0.4) is 0 Å². The summed E-state index contributed by atoms with van der Waals surface area (Å²) in [6, 6.07) is 1.64. The molecule has 1 aromatic carbocycles. The second-order valence-corrected chi connectivity index (χ2v) is 15.0. The number of nitrogens with zero attached hydrogens (tertiary/aromatic N) is 9. The Balaban J connectivity index is 0.891. The lowest BCUT2D eigenvalue weighted by Crippen LogP contribution is -2.45. The zero-order chi connectivity index (χ0) is 39.4. The molecular weight excluding hydrogens is 738 g/mol. The molecule has 2 N–H and O–H groups in total. The maximum Gasteiger partial charge on any atom is 0.329 e. The zero-order valence-corrected chi connectivity index (χ0v) is 30.8. The molecule has 0 spiro atoms. The number of anilines is 2. The van der Waals surface area contributed by atoms with Crippen molar-refractivity contribution >= 4 is 45.8 Å². The van der Waals surface area contributed by atoms with Crippen molar-refractivity contribution in [1.82, 2.24) is 43.7 Å². The van der Waals surface area contributed by atoms with Crippen molar-refractivity contribution in [2.75, 3.05) is 36.9 Å². The number of aryl methyl sites for hydroxylation is 1. The second-order valence-electron chi connectivity index (χ2n) is 15.0. The number of hydrogen-bond acceptors (Lipinski definition) is 9. The van der Waals surface area contributed by atoms with E-state index < -0.39 is 53.2 Å². The fourth-order valence-electron chi connectivity index (χ4n) is 8.69. The molecule has 2 aliphatic heterocycles. The SMILES string of the molecule is CN(C[C@H]1CC[C@H](n2cc(NC(=O)c3cnn4cccnc34)c(C(F)F)n2)CC1)C1CCN(c2c(F)c(F)cc3c2n(C)c(=O)n3C2CCC(=O)NC2=O)CC1. The van der Waals surface area contributed by atoms with Crippen LogP contribution in [0.2, 0.25) is 0 Å². The fraction of sp³-hybridized carbons (Fsp3) is 0.486. The van der Waals surface area contributed by atoms with E-state index in [2.05, 4.69) is 30.7 Å². The summed E-state index contributed by atoms with van der Waals surface area (Å²) in [5, 5.41) is 13.1. The number of halogens is 4. The maximum atomic E-state index is 15.6. The minimum absolute atomic E-state index is 0.0195. The highest BCUT2D eigenvalue weighted by Crippen LogP contribution is 2.38. The minimum Gasteiger partial charge on any atom is -0.367 e. The molecule has 3 fully saturated rings. The Morgan fingerprint density at radius 1 is 1.07 bits per heavy atom. The molecule has 4 aromatic heterocycles. The molecular formula is C37H41F4N11O4. The van der Waals surface area contributed by atoms with Crippen LogP contribution in [0.1, 0.15) is 85.9 Å². The van der Waals surface area contributed by atoms with E-state index in [1.807, 2.05) is 7.05 Å². The van der Waals surface area contributed by atoms with Gasteiger partial charge in [-0.2, -0.15) is 10.2 Å². The van der Waals surface area contributed by atoms with E-state index in [9.17, 15) is 28.0 Å². The molecule has 0 radical (unpaired) electrons. The van der Waals surface area contributed by atoms with Gasteiger partial charge in [0, 0.05) is 63.8 Å². The molecule has 19 heteroatoms. The first-order valence-electron chi connectivity index (χ1n) is 18.7. The van der Waals surface area contributed by atoms with Crippen molar-refractivity contribution in [1.29, 1.82) is 0 Å². The molecule has 3 aliphatic rings. The van der Waals surface area contributed by atoms with Gasteiger partial charge in [0.2, 0.25) is 11.8 Å². The molecule has 56 heavy (non-hydrogen) atoms. The topological polar surface area (TPSA) is 157 Å². The number of alkyl halides is 2. The molecule has 0 bridgehead atoms. The molecule has 8 rings (SSSR count). The van der Waals surface area contributed by atoms with E-state index in [1.165, 1.54) is 34.7 Å². The van der Waals surface area contributed by atoms with Gasteiger partial charge in [0.1, 0.15) is 17.3 Å². The first-order valence-corrected chi connectivity index (χ1v) is 18.7. The number of fused-ring (bicyclic) bond motifs is 2. The van der Waals surface area contributed by atoms with E-state index in [0.717, 1.165) is 42.9 Å². The molecule has 6 heterocycles. The van der Waals surface area contributed by atoms with Crippen LogP contribution in [-0.2, 0) is 16.6 Å². The van der Waals surface area contributed by atoms with Gasteiger partial charge in [0.05, 0.1) is 29.0 Å². The Hall–Kier alpha value is -5.59. The molecule has 1 saturated carbocycles. The Kier molecular flexibility index (Phi) is 9.88. The number of aromatic nitrogens is 7. The Bertz CT molecular complexity index is 2390. The van der Waals surface area contributed by atoms with Gasteiger partial charge in [-0.15, -0.1) is 0 Å². The second kappa shape index (κ2) is 14.8. The normalized spacial score (nSPS) is 21.1. The average molecular weight is 780 g/mol. The van der Waals surface area contributed by atoms with E-state index in [1.54, 1.807) is 21.8 Å². The van der Waals surface area contributed by atoms with Gasteiger partial charge in [0.25, 0.3) is 12.3 Å². The number of carbonyl (C=O) groups excluding carboxylic acids is 3. The van der Waals surface area contributed by atoms with E-state index in [4.69, 9.17) is 0 Å². The molecule has 3 amide bonds. The van der Waals surface area contributed by atoms with Gasteiger partial charge in [-0.05, 0) is 64.0 Å². The van der Waals surface area contributed by atoms with Crippen molar-refractivity contribution < 1.29 is 31.9 Å². The third kappa shape index (κ3) is 6.70. The highest BCUT2D eigenvalue weighted by atomic mass is 19.3. The quantitative estimate of drug-likeness (QED) is 0.164. The predicted octanol–water partition coefficient (Wildman–Crippen LogP) is 4.36. The number of nitrogens with one attached hydrogen (secondary N) is 2. The summed E-state index contributed by atoms with van der Waals surface area (Å²) in [5.74, 6) is -3.55. The number of imidazole rings is 1. The van der Waals surface area contributed by atoms with Crippen LogP contribution in [0.15, 0.2) is 41.7 Å². The third-order valence-corrected chi connectivity index (χ3v) is 11.6. The van der Waals surface area contributed by atoms with Crippen LogP contribution in [-0.4, -0.2) is 88.9 Å². The molecule has 296 valence electrons. The largest absolute Gasteiger partial charge is 0.367 e. The smallest absolute Gasteiger partial charge is 0.329 e. The number of hydrogen-bond donors (Lipinski definition) is 2. The van der Waals surface area contributed by atoms with E-state index in [-0.39, 0.29) is 52.9 Å². The fourth-order valence-corrected chi connectivity index (χ4v) is 8.69. The summed E-state index contributed by atoms with van der Waals surface area (Å²) >= 11 is 0. The van der Waals surface area contributed by atoms with Gasteiger partial charge >= 0.3 is 5.69 Å². The van der Waals surface area contributed by atoms with Crippen LogP contribution >= 0.6 is 0 Å². The molecule has 2 saturated heterocycles. The number of piperidine rings is 2. The number of amides is 3. The Morgan fingerprint density at radius 3 is 2.54 bits per heavy atom. The average Bonchev–Trinajstić information content (AvgIpc) is 3.87. The van der Waals surface area contributed by atoms with Crippen molar-refractivity contribution in [2.45, 2.75) is 75.9 Å². The zero-order valence-electron chi connectivity index (χ0n) is 30.8. The van der Waals surface area contributed by atoms with Gasteiger partial charge in [-0.25, -0.2) is 31.9 Å². The lowest BCUT2D eigenvalue weighted by Gasteiger charge is -2.40. The van der Waals surface area contributed by atoms with E-state index in [0.29, 0.717) is 37.5 Å². The summed E-state index contributed by atoms with van der Waals surface area (Å²) in [4.78, 5) is 59.1. The summed E-state index contributed by atoms with van der Waals surface area (Å²) in [6.45, 7) is 1.62. The molecule has 1 unspecified atom stereocenters.